The molecule has 2 aromatic heterocycles. The average molecular weight is 284 g/mol. The van der Waals surface area contributed by atoms with Gasteiger partial charge in [0.05, 0.1) is 10.6 Å². The molecule has 6 nitrogen and oxygen atoms in total. The average Bonchev–Trinajstić information content (AvgIpc) is 2.42. The van der Waals surface area contributed by atoms with Crippen molar-refractivity contribution in [2.24, 2.45) is 0 Å². The Bertz CT molecular complexity index is 683. The SMILES string of the molecule is Cc1cncc(-c2ccc([N+](=O)[O-])c(NC3CCC3)n2)c1. The van der Waals surface area contributed by atoms with Crippen molar-refractivity contribution in [2.75, 3.05) is 5.32 Å². The molecular weight excluding hydrogens is 268 g/mol. The quantitative estimate of drug-likeness (QED) is 0.688. The molecule has 2 aromatic rings. The Balaban J connectivity index is 1.98. The highest BCUT2D eigenvalue weighted by molar-refractivity contribution is 5.66. The van der Waals surface area contributed by atoms with Crippen LogP contribution in [0.25, 0.3) is 11.3 Å². The Morgan fingerprint density at radius 3 is 2.76 bits per heavy atom. The lowest BCUT2D eigenvalue weighted by Gasteiger charge is -2.26. The summed E-state index contributed by atoms with van der Waals surface area (Å²) in [7, 11) is 0. The number of hydrogen-bond donors (Lipinski definition) is 1. The van der Waals surface area contributed by atoms with E-state index in [-0.39, 0.29) is 5.69 Å². The molecule has 0 saturated heterocycles. The summed E-state index contributed by atoms with van der Waals surface area (Å²) in [6.45, 7) is 1.95. The van der Waals surface area contributed by atoms with Crippen molar-refractivity contribution < 1.29 is 4.92 Å². The van der Waals surface area contributed by atoms with Crippen LogP contribution in [0.1, 0.15) is 24.8 Å². The number of anilines is 1. The van der Waals surface area contributed by atoms with Crippen LogP contribution in [0.2, 0.25) is 0 Å². The minimum atomic E-state index is -0.397. The van der Waals surface area contributed by atoms with E-state index in [9.17, 15) is 10.1 Å². The molecule has 0 radical (unpaired) electrons. The Labute approximate surface area is 122 Å². The van der Waals surface area contributed by atoms with Crippen LogP contribution in [-0.2, 0) is 0 Å². The number of aryl methyl sites for hydroxylation is 1. The maximum absolute atomic E-state index is 11.1. The van der Waals surface area contributed by atoms with Crippen LogP contribution in [0.15, 0.2) is 30.6 Å². The molecule has 0 amide bonds. The maximum atomic E-state index is 11.1. The molecule has 2 heterocycles. The minimum Gasteiger partial charge on any atom is -0.362 e. The molecule has 0 atom stereocenters. The number of nitrogens with zero attached hydrogens (tertiary/aromatic N) is 3. The molecule has 0 spiro atoms. The lowest BCUT2D eigenvalue weighted by Crippen LogP contribution is -2.27. The van der Waals surface area contributed by atoms with Gasteiger partial charge in [0.25, 0.3) is 0 Å². The predicted molar refractivity (Wildman–Crippen MR) is 80.1 cm³/mol. The summed E-state index contributed by atoms with van der Waals surface area (Å²) in [5, 5.41) is 14.3. The van der Waals surface area contributed by atoms with Crippen LogP contribution >= 0.6 is 0 Å². The van der Waals surface area contributed by atoms with Gasteiger partial charge in [-0.25, -0.2) is 4.98 Å². The zero-order valence-electron chi connectivity index (χ0n) is 11.7. The molecule has 6 heteroatoms. The first kappa shape index (κ1) is 13.5. The van der Waals surface area contributed by atoms with E-state index in [1.807, 2.05) is 13.0 Å². The van der Waals surface area contributed by atoms with Crippen molar-refractivity contribution in [3.63, 3.8) is 0 Å². The van der Waals surface area contributed by atoms with Crippen molar-refractivity contribution in [3.8, 4) is 11.3 Å². The van der Waals surface area contributed by atoms with E-state index < -0.39 is 4.92 Å². The smallest absolute Gasteiger partial charge is 0.311 e. The highest BCUT2D eigenvalue weighted by atomic mass is 16.6. The number of rotatable bonds is 4. The highest BCUT2D eigenvalue weighted by Gasteiger charge is 2.23. The maximum Gasteiger partial charge on any atom is 0.311 e. The second kappa shape index (κ2) is 5.47. The third-order valence-corrected chi connectivity index (χ3v) is 3.69. The number of nitro groups is 1. The van der Waals surface area contributed by atoms with Gasteiger partial charge in [-0.3, -0.25) is 15.1 Å². The van der Waals surface area contributed by atoms with E-state index in [2.05, 4.69) is 15.3 Å². The summed E-state index contributed by atoms with van der Waals surface area (Å²) in [6.07, 6.45) is 6.72. The van der Waals surface area contributed by atoms with Gasteiger partial charge >= 0.3 is 5.69 Å². The molecule has 21 heavy (non-hydrogen) atoms. The molecule has 1 aliphatic rings. The summed E-state index contributed by atoms with van der Waals surface area (Å²) in [5.74, 6) is 0.351. The summed E-state index contributed by atoms with van der Waals surface area (Å²) in [6, 6.07) is 5.43. The summed E-state index contributed by atoms with van der Waals surface area (Å²) >= 11 is 0. The number of hydrogen-bond acceptors (Lipinski definition) is 5. The van der Waals surface area contributed by atoms with Gasteiger partial charge in [0.2, 0.25) is 5.82 Å². The molecule has 1 N–H and O–H groups in total. The normalized spacial score (nSPS) is 14.5. The lowest BCUT2D eigenvalue weighted by atomic mass is 9.93. The van der Waals surface area contributed by atoms with Gasteiger partial charge in [-0.1, -0.05) is 0 Å². The second-order valence-corrected chi connectivity index (χ2v) is 5.34. The molecule has 0 unspecified atom stereocenters. The van der Waals surface area contributed by atoms with Crippen molar-refractivity contribution in [1.82, 2.24) is 9.97 Å². The molecular formula is C15H16N4O2. The van der Waals surface area contributed by atoms with Gasteiger partial charge in [0, 0.05) is 30.1 Å². The molecule has 1 saturated carbocycles. The van der Waals surface area contributed by atoms with Gasteiger partial charge in [-0.2, -0.15) is 0 Å². The predicted octanol–water partition coefficient (Wildman–Crippen LogP) is 3.32. The number of aromatic nitrogens is 2. The van der Waals surface area contributed by atoms with Crippen molar-refractivity contribution in [2.45, 2.75) is 32.2 Å². The summed E-state index contributed by atoms with van der Waals surface area (Å²) in [5.41, 5.74) is 2.60. The van der Waals surface area contributed by atoms with Crippen molar-refractivity contribution in [1.29, 1.82) is 0 Å². The second-order valence-electron chi connectivity index (χ2n) is 5.34. The van der Waals surface area contributed by atoms with E-state index in [0.717, 1.165) is 30.4 Å². The Morgan fingerprint density at radius 2 is 2.14 bits per heavy atom. The third kappa shape index (κ3) is 2.84. The fraction of sp³-hybridized carbons (Fsp3) is 0.333. The Morgan fingerprint density at radius 1 is 1.33 bits per heavy atom. The highest BCUT2D eigenvalue weighted by Crippen LogP contribution is 2.30. The van der Waals surface area contributed by atoms with Gasteiger partial charge < -0.3 is 5.32 Å². The van der Waals surface area contributed by atoms with Crippen LogP contribution in [0.5, 0.6) is 0 Å². The van der Waals surface area contributed by atoms with Crippen LogP contribution in [0.4, 0.5) is 11.5 Å². The van der Waals surface area contributed by atoms with Crippen molar-refractivity contribution in [3.05, 3.63) is 46.3 Å². The first-order valence-corrected chi connectivity index (χ1v) is 6.97. The zero-order chi connectivity index (χ0) is 14.8. The minimum absolute atomic E-state index is 0.0197. The molecule has 1 fully saturated rings. The molecule has 0 aliphatic heterocycles. The molecule has 108 valence electrons. The standard InChI is InChI=1S/C15H16N4O2/c1-10-7-11(9-16-8-10)13-5-6-14(19(20)21)15(18-13)17-12-3-2-4-12/h5-9,12H,2-4H2,1H3,(H,17,18). The zero-order valence-corrected chi connectivity index (χ0v) is 11.7. The van der Waals surface area contributed by atoms with Crippen molar-refractivity contribution >= 4 is 11.5 Å². The Hall–Kier alpha value is -2.50. The van der Waals surface area contributed by atoms with Crippen LogP contribution in [0.3, 0.4) is 0 Å². The first-order valence-electron chi connectivity index (χ1n) is 6.97. The fourth-order valence-corrected chi connectivity index (χ4v) is 2.31. The van der Waals surface area contributed by atoms with E-state index in [1.165, 1.54) is 6.07 Å². The molecule has 1 aliphatic carbocycles. The van der Waals surface area contributed by atoms with E-state index in [0.29, 0.717) is 17.6 Å². The van der Waals surface area contributed by atoms with Gasteiger partial charge in [0.15, 0.2) is 0 Å². The third-order valence-electron chi connectivity index (χ3n) is 3.69. The topological polar surface area (TPSA) is 81.0 Å². The van der Waals surface area contributed by atoms with Crippen LogP contribution in [-0.4, -0.2) is 20.9 Å². The number of nitrogens with one attached hydrogen (secondary N) is 1. The summed E-state index contributed by atoms with van der Waals surface area (Å²) in [4.78, 5) is 19.3. The largest absolute Gasteiger partial charge is 0.362 e. The Kier molecular flexibility index (Phi) is 3.51. The van der Waals surface area contributed by atoms with E-state index in [1.54, 1.807) is 18.5 Å². The summed E-state index contributed by atoms with van der Waals surface area (Å²) < 4.78 is 0. The molecule has 3 rings (SSSR count). The lowest BCUT2D eigenvalue weighted by molar-refractivity contribution is -0.384. The van der Waals surface area contributed by atoms with Gasteiger partial charge in [0.1, 0.15) is 0 Å². The van der Waals surface area contributed by atoms with Crippen LogP contribution < -0.4 is 5.32 Å². The number of pyridine rings is 2. The van der Waals surface area contributed by atoms with E-state index >= 15 is 0 Å². The van der Waals surface area contributed by atoms with Gasteiger partial charge in [-0.15, -0.1) is 0 Å². The molecule has 0 aromatic carbocycles. The monoisotopic (exact) mass is 284 g/mol. The first-order chi connectivity index (χ1) is 10.1. The fourth-order valence-electron chi connectivity index (χ4n) is 2.31. The van der Waals surface area contributed by atoms with Crippen LogP contribution in [0, 0.1) is 17.0 Å². The van der Waals surface area contributed by atoms with Gasteiger partial charge in [-0.05, 0) is 43.9 Å². The molecule has 0 bridgehead atoms. The van der Waals surface area contributed by atoms with E-state index in [4.69, 9.17) is 0 Å².